The Bertz CT molecular complexity index is 1570. The van der Waals surface area contributed by atoms with E-state index in [2.05, 4.69) is 0 Å². The van der Waals surface area contributed by atoms with Gasteiger partial charge in [-0.25, -0.2) is 0 Å². The summed E-state index contributed by atoms with van der Waals surface area (Å²) in [5, 5.41) is 0.866. The largest absolute Gasteiger partial charge is 0.493 e. The van der Waals surface area contributed by atoms with Crippen LogP contribution in [-0.4, -0.2) is 27.2 Å². The Morgan fingerprint density at radius 2 is 1.56 bits per heavy atom. The Labute approximate surface area is 212 Å². The van der Waals surface area contributed by atoms with Gasteiger partial charge in [-0.3, -0.25) is 14.5 Å². The van der Waals surface area contributed by atoms with Gasteiger partial charge in [-0.1, -0.05) is 17.7 Å². The fourth-order valence-corrected chi connectivity index (χ4v) is 4.88. The lowest BCUT2D eigenvalue weighted by Crippen LogP contribution is -2.29. The maximum absolute atomic E-state index is 13.9. The predicted octanol–water partition coefficient (Wildman–Crippen LogP) is 5.84. The number of ether oxygens (including phenoxy) is 3. The minimum Gasteiger partial charge on any atom is -0.493 e. The second-order valence-electron chi connectivity index (χ2n) is 8.62. The lowest BCUT2D eigenvalue weighted by atomic mass is 9.96. The first kappa shape index (κ1) is 23.8. The molecule has 0 fully saturated rings. The van der Waals surface area contributed by atoms with E-state index < -0.39 is 11.9 Å². The molecule has 36 heavy (non-hydrogen) atoms. The molecular formula is C28H24ClNO6. The minimum atomic E-state index is -0.818. The van der Waals surface area contributed by atoms with Gasteiger partial charge in [0, 0.05) is 10.7 Å². The number of fused-ring (bicyclic) bond motifs is 2. The zero-order chi connectivity index (χ0) is 25.7. The van der Waals surface area contributed by atoms with Gasteiger partial charge in [-0.05, 0) is 73.0 Å². The maximum atomic E-state index is 13.9. The summed E-state index contributed by atoms with van der Waals surface area (Å²) in [6, 6.07) is 13.1. The van der Waals surface area contributed by atoms with Crippen molar-refractivity contribution in [2.45, 2.75) is 19.9 Å². The molecule has 7 nitrogen and oxygen atoms in total. The average molecular weight is 506 g/mol. The first-order valence-electron chi connectivity index (χ1n) is 11.3. The molecule has 0 spiro atoms. The van der Waals surface area contributed by atoms with E-state index in [-0.39, 0.29) is 16.8 Å². The molecular weight excluding hydrogens is 482 g/mol. The molecule has 5 rings (SSSR count). The molecule has 2 heterocycles. The summed E-state index contributed by atoms with van der Waals surface area (Å²) < 4.78 is 22.7. The second-order valence-corrected chi connectivity index (χ2v) is 9.06. The number of hydrogen-bond acceptors (Lipinski definition) is 6. The smallest absolute Gasteiger partial charge is 0.295 e. The molecule has 1 amide bonds. The second kappa shape index (κ2) is 8.91. The summed E-state index contributed by atoms with van der Waals surface area (Å²) in [5.41, 5.74) is 3.36. The van der Waals surface area contributed by atoms with Crippen molar-refractivity contribution in [1.82, 2.24) is 0 Å². The molecule has 1 unspecified atom stereocenters. The van der Waals surface area contributed by atoms with Crippen molar-refractivity contribution in [3.63, 3.8) is 0 Å². The van der Waals surface area contributed by atoms with Crippen LogP contribution in [0.25, 0.3) is 11.0 Å². The van der Waals surface area contributed by atoms with Crippen molar-refractivity contribution in [2.75, 3.05) is 26.2 Å². The van der Waals surface area contributed by atoms with E-state index in [4.69, 9.17) is 30.2 Å². The van der Waals surface area contributed by atoms with E-state index in [0.29, 0.717) is 44.5 Å². The van der Waals surface area contributed by atoms with Gasteiger partial charge < -0.3 is 18.6 Å². The quantitative estimate of drug-likeness (QED) is 0.339. The lowest BCUT2D eigenvalue weighted by Gasteiger charge is -2.26. The summed E-state index contributed by atoms with van der Waals surface area (Å²) in [5.74, 6) is 0.753. The van der Waals surface area contributed by atoms with Crippen molar-refractivity contribution in [3.05, 3.63) is 91.8 Å². The number of anilines is 1. The SMILES string of the molecule is COc1cc(C2c3c(oc4cc(C)c(C)cc4c3=O)C(=O)N2c2cccc(Cl)c2)cc(OC)c1OC. The molecule has 8 heteroatoms. The molecule has 0 N–H and O–H groups in total. The minimum absolute atomic E-state index is 0.00511. The van der Waals surface area contributed by atoms with Crippen LogP contribution >= 0.6 is 11.6 Å². The van der Waals surface area contributed by atoms with Crippen LogP contribution in [0.4, 0.5) is 5.69 Å². The topological polar surface area (TPSA) is 78.2 Å². The van der Waals surface area contributed by atoms with Crippen LogP contribution in [0.5, 0.6) is 17.2 Å². The van der Waals surface area contributed by atoms with Crippen molar-refractivity contribution in [1.29, 1.82) is 0 Å². The molecule has 0 bridgehead atoms. The number of benzene rings is 3. The lowest BCUT2D eigenvalue weighted by molar-refractivity contribution is 0.0971. The maximum Gasteiger partial charge on any atom is 0.295 e. The third kappa shape index (κ3) is 3.58. The number of hydrogen-bond donors (Lipinski definition) is 0. The Hall–Kier alpha value is -3.97. The van der Waals surface area contributed by atoms with Crippen molar-refractivity contribution < 1.29 is 23.4 Å². The van der Waals surface area contributed by atoms with Crippen LogP contribution in [0.15, 0.2) is 57.7 Å². The first-order valence-corrected chi connectivity index (χ1v) is 11.6. The van der Waals surface area contributed by atoms with E-state index in [9.17, 15) is 9.59 Å². The standard InChI is InChI=1S/C28H24ClNO6/c1-14-9-19-20(10-15(14)2)36-27-23(25(19)31)24(30(28(27)32)18-8-6-7-17(29)13-18)16-11-21(33-3)26(35-5)22(12-16)34-4/h6-13,24H,1-5H3. The molecule has 4 aromatic rings. The summed E-state index contributed by atoms with van der Waals surface area (Å²) >= 11 is 6.28. The number of rotatable bonds is 5. The molecule has 1 atom stereocenters. The zero-order valence-electron chi connectivity index (χ0n) is 20.5. The Kier molecular flexibility index (Phi) is 5.88. The number of methoxy groups -OCH3 is 3. The number of aryl methyl sites for hydroxylation is 2. The summed E-state index contributed by atoms with van der Waals surface area (Å²) in [6.45, 7) is 3.86. The third-order valence-corrected chi connectivity index (χ3v) is 6.81. The normalized spacial score (nSPS) is 14.8. The highest BCUT2D eigenvalue weighted by Crippen LogP contribution is 2.46. The van der Waals surface area contributed by atoms with Crippen LogP contribution in [0.3, 0.4) is 0 Å². The van der Waals surface area contributed by atoms with Gasteiger partial charge in [-0.15, -0.1) is 0 Å². The highest BCUT2D eigenvalue weighted by atomic mass is 35.5. The number of nitrogens with zero attached hydrogens (tertiary/aromatic N) is 1. The van der Waals surface area contributed by atoms with E-state index in [1.165, 1.54) is 26.2 Å². The molecule has 0 saturated heterocycles. The van der Waals surface area contributed by atoms with Crippen LogP contribution in [0.1, 0.15) is 38.9 Å². The molecule has 184 valence electrons. The van der Waals surface area contributed by atoms with Gasteiger partial charge in [0.05, 0.1) is 38.3 Å². The fraction of sp³-hybridized carbons (Fsp3) is 0.214. The number of carbonyl (C=O) groups excluding carboxylic acids is 1. The van der Waals surface area contributed by atoms with Gasteiger partial charge in [0.2, 0.25) is 11.5 Å². The van der Waals surface area contributed by atoms with E-state index in [1.807, 2.05) is 13.8 Å². The molecule has 0 saturated carbocycles. The van der Waals surface area contributed by atoms with Gasteiger partial charge >= 0.3 is 0 Å². The average Bonchev–Trinajstić information content (AvgIpc) is 3.16. The number of halogens is 1. The predicted molar refractivity (Wildman–Crippen MR) is 138 cm³/mol. The first-order chi connectivity index (χ1) is 17.3. The summed E-state index contributed by atoms with van der Waals surface area (Å²) in [6.07, 6.45) is 0. The molecule has 3 aromatic carbocycles. The Morgan fingerprint density at radius 3 is 2.17 bits per heavy atom. The van der Waals surface area contributed by atoms with Crippen molar-refractivity contribution >= 4 is 34.2 Å². The zero-order valence-corrected chi connectivity index (χ0v) is 21.2. The van der Waals surface area contributed by atoms with E-state index in [1.54, 1.807) is 48.5 Å². The van der Waals surface area contributed by atoms with Crippen molar-refractivity contribution in [3.8, 4) is 17.2 Å². The van der Waals surface area contributed by atoms with Crippen LogP contribution in [0, 0.1) is 13.8 Å². The fourth-order valence-electron chi connectivity index (χ4n) is 4.69. The third-order valence-electron chi connectivity index (χ3n) is 6.58. The highest BCUT2D eigenvalue weighted by molar-refractivity contribution is 6.31. The van der Waals surface area contributed by atoms with Crippen molar-refractivity contribution in [2.24, 2.45) is 0 Å². The van der Waals surface area contributed by atoms with Crippen LogP contribution in [0.2, 0.25) is 5.02 Å². The van der Waals surface area contributed by atoms with Gasteiger partial charge in [0.1, 0.15) is 5.58 Å². The van der Waals surface area contributed by atoms with E-state index >= 15 is 0 Å². The van der Waals surface area contributed by atoms with Crippen LogP contribution < -0.4 is 24.5 Å². The molecule has 1 aromatic heterocycles. The van der Waals surface area contributed by atoms with Gasteiger partial charge in [0.25, 0.3) is 5.91 Å². The monoisotopic (exact) mass is 505 g/mol. The molecule has 1 aliphatic heterocycles. The van der Waals surface area contributed by atoms with Gasteiger partial charge in [0.15, 0.2) is 16.9 Å². The molecule has 0 aliphatic carbocycles. The molecule has 0 radical (unpaired) electrons. The number of amides is 1. The van der Waals surface area contributed by atoms with Gasteiger partial charge in [-0.2, -0.15) is 0 Å². The highest BCUT2D eigenvalue weighted by Gasteiger charge is 2.44. The molecule has 1 aliphatic rings. The summed E-state index contributed by atoms with van der Waals surface area (Å²) in [7, 11) is 4.53. The Balaban J connectivity index is 1.86. The summed E-state index contributed by atoms with van der Waals surface area (Å²) in [4.78, 5) is 29.3. The Morgan fingerprint density at radius 1 is 0.889 bits per heavy atom. The number of carbonyl (C=O) groups is 1. The van der Waals surface area contributed by atoms with E-state index in [0.717, 1.165) is 11.1 Å². The van der Waals surface area contributed by atoms with Crippen LogP contribution in [-0.2, 0) is 0 Å².